The van der Waals surface area contributed by atoms with Gasteiger partial charge in [-0.2, -0.15) is 0 Å². The monoisotopic (exact) mass is 206 g/mol. The molecule has 0 saturated heterocycles. The first-order chi connectivity index (χ1) is 6.97. The van der Waals surface area contributed by atoms with E-state index >= 15 is 0 Å². The van der Waals surface area contributed by atoms with Gasteiger partial charge in [0.2, 0.25) is 0 Å². The highest BCUT2D eigenvalue weighted by Crippen LogP contribution is 2.41. The van der Waals surface area contributed by atoms with E-state index in [1.54, 1.807) is 0 Å². The third-order valence-corrected chi connectivity index (χ3v) is 3.50. The third-order valence-electron chi connectivity index (χ3n) is 3.50. The maximum Gasteiger partial charge on any atom is 0.145 e. The lowest BCUT2D eigenvalue weighted by Crippen LogP contribution is -2.20. The van der Waals surface area contributed by atoms with Crippen LogP contribution >= 0.6 is 0 Å². The maximum atomic E-state index is 10.5. The topological polar surface area (TPSA) is 17.1 Å². The number of carbonyl (C=O) groups excluding carboxylic acids is 1. The molecule has 0 unspecified atom stereocenters. The third kappa shape index (κ3) is 3.05. The molecule has 0 N–H and O–H groups in total. The van der Waals surface area contributed by atoms with Crippen LogP contribution in [0.3, 0.4) is 0 Å². The number of hydrogen-bond acceptors (Lipinski definition) is 1. The first kappa shape index (κ1) is 12.2. The lowest BCUT2D eigenvalue weighted by atomic mass is 9.71. The van der Waals surface area contributed by atoms with E-state index in [0.29, 0.717) is 5.41 Å². The lowest BCUT2D eigenvalue weighted by Gasteiger charge is -2.34. The number of carbonyl (C=O) groups is 1. The molecular weight excluding hydrogens is 184 g/mol. The Morgan fingerprint density at radius 1 is 1.47 bits per heavy atom. The second kappa shape index (κ2) is 4.78. The van der Waals surface area contributed by atoms with Crippen LogP contribution in [0.1, 0.15) is 53.4 Å². The first-order valence-electron chi connectivity index (χ1n) is 5.78. The summed E-state index contributed by atoms with van der Waals surface area (Å²) in [4.78, 5) is 10.5. The minimum atomic E-state index is 0.321. The molecule has 0 saturated carbocycles. The van der Waals surface area contributed by atoms with Crippen molar-refractivity contribution in [3.63, 3.8) is 0 Å². The Hall–Kier alpha value is -0.850. The van der Waals surface area contributed by atoms with Crippen LogP contribution in [-0.2, 0) is 4.79 Å². The van der Waals surface area contributed by atoms with Crippen LogP contribution in [0.4, 0.5) is 0 Å². The van der Waals surface area contributed by atoms with Crippen LogP contribution in [0.15, 0.2) is 22.8 Å². The van der Waals surface area contributed by atoms with Gasteiger partial charge in [-0.15, -0.1) is 0 Å². The van der Waals surface area contributed by atoms with Crippen LogP contribution < -0.4 is 0 Å². The predicted molar refractivity (Wildman–Crippen MR) is 64.8 cm³/mol. The minimum absolute atomic E-state index is 0.321. The largest absolute Gasteiger partial charge is 0.298 e. The standard InChI is InChI=1S/C14H22O/c1-11(10-15)7-8-13-12(2)6-5-9-14(13,3)4/h7,10H,5-6,8-9H2,1-4H3/b11-7+. The molecule has 0 atom stereocenters. The SMILES string of the molecule is CC1=C(C/C=C(\C)C=O)C(C)(C)CCC1. The Morgan fingerprint density at radius 2 is 2.13 bits per heavy atom. The molecule has 0 spiro atoms. The Kier molecular flexibility index (Phi) is 3.90. The van der Waals surface area contributed by atoms with Gasteiger partial charge in [-0.3, -0.25) is 4.79 Å². The van der Waals surface area contributed by atoms with Crippen molar-refractivity contribution < 1.29 is 4.79 Å². The summed E-state index contributed by atoms with van der Waals surface area (Å²) in [7, 11) is 0. The maximum absolute atomic E-state index is 10.5. The van der Waals surface area contributed by atoms with Crippen molar-refractivity contribution >= 4 is 6.29 Å². The average Bonchev–Trinajstić information content (AvgIpc) is 2.15. The average molecular weight is 206 g/mol. The van der Waals surface area contributed by atoms with E-state index in [0.717, 1.165) is 18.3 Å². The van der Waals surface area contributed by atoms with E-state index in [1.165, 1.54) is 30.4 Å². The summed E-state index contributed by atoms with van der Waals surface area (Å²) in [5, 5.41) is 0. The Labute approximate surface area is 93.3 Å². The van der Waals surface area contributed by atoms with Crippen LogP contribution in [0, 0.1) is 5.41 Å². The van der Waals surface area contributed by atoms with Gasteiger partial charge in [0.05, 0.1) is 0 Å². The molecule has 1 heteroatoms. The van der Waals surface area contributed by atoms with Crippen molar-refractivity contribution in [2.45, 2.75) is 53.4 Å². The van der Waals surface area contributed by atoms with Crippen LogP contribution in [0.5, 0.6) is 0 Å². The zero-order valence-electron chi connectivity index (χ0n) is 10.4. The molecular formula is C14H22O. The van der Waals surface area contributed by atoms with Crippen molar-refractivity contribution in [1.29, 1.82) is 0 Å². The smallest absolute Gasteiger partial charge is 0.145 e. The van der Waals surface area contributed by atoms with Gasteiger partial charge in [0, 0.05) is 0 Å². The van der Waals surface area contributed by atoms with Crippen LogP contribution in [0.2, 0.25) is 0 Å². The molecule has 0 aromatic carbocycles. The molecule has 0 aromatic rings. The van der Waals surface area contributed by atoms with Crippen molar-refractivity contribution in [1.82, 2.24) is 0 Å². The fraction of sp³-hybridized carbons (Fsp3) is 0.643. The lowest BCUT2D eigenvalue weighted by molar-refractivity contribution is -0.104. The molecule has 1 rings (SSSR count). The van der Waals surface area contributed by atoms with E-state index in [1.807, 2.05) is 6.92 Å². The predicted octanol–water partition coefficient (Wildman–Crippen LogP) is 4.05. The molecule has 0 fully saturated rings. The van der Waals surface area contributed by atoms with E-state index in [4.69, 9.17) is 0 Å². The molecule has 0 heterocycles. The number of rotatable bonds is 3. The van der Waals surface area contributed by atoms with E-state index in [9.17, 15) is 4.79 Å². The highest BCUT2D eigenvalue weighted by molar-refractivity contribution is 5.72. The molecule has 0 aromatic heterocycles. The van der Waals surface area contributed by atoms with Gasteiger partial charge < -0.3 is 0 Å². The molecule has 0 bridgehead atoms. The number of aldehydes is 1. The van der Waals surface area contributed by atoms with Crippen LogP contribution in [0.25, 0.3) is 0 Å². The van der Waals surface area contributed by atoms with Gasteiger partial charge in [-0.1, -0.05) is 31.1 Å². The zero-order chi connectivity index (χ0) is 11.5. The Balaban J connectivity index is 2.85. The van der Waals surface area contributed by atoms with Gasteiger partial charge in [0.25, 0.3) is 0 Å². The van der Waals surface area contributed by atoms with Crippen molar-refractivity contribution in [2.24, 2.45) is 5.41 Å². The molecule has 0 radical (unpaired) electrons. The highest BCUT2D eigenvalue weighted by Gasteiger charge is 2.27. The molecule has 1 aliphatic carbocycles. The zero-order valence-corrected chi connectivity index (χ0v) is 10.4. The van der Waals surface area contributed by atoms with Crippen molar-refractivity contribution in [3.05, 3.63) is 22.8 Å². The summed E-state index contributed by atoms with van der Waals surface area (Å²) in [5.74, 6) is 0. The van der Waals surface area contributed by atoms with E-state index in [-0.39, 0.29) is 0 Å². The van der Waals surface area contributed by atoms with E-state index in [2.05, 4.69) is 26.8 Å². The second-order valence-corrected chi connectivity index (χ2v) is 5.27. The molecule has 0 amide bonds. The summed E-state index contributed by atoms with van der Waals surface area (Å²) in [6, 6.07) is 0. The van der Waals surface area contributed by atoms with Crippen LogP contribution in [-0.4, -0.2) is 6.29 Å². The fourth-order valence-corrected chi connectivity index (χ4v) is 2.44. The minimum Gasteiger partial charge on any atom is -0.298 e. The summed E-state index contributed by atoms with van der Waals surface area (Å²) in [5.41, 5.74) is 4.23. The highest BCUT2D eigenvalue weighted by atomic mass is 16.1. The number of hydrogen-bond donors (Lipinski definition) is 0. The summed E-state index contributed by atoms with van der Waals surface area (Å²) >= 11 is 0. The summed E-state index contributed by atoms with van der Waals surface area (Å²) < 4.78 is 0. The molecule has 0 aliphatic heterocycles. The van der Waals surface area contributed by atoms with E-state index < -0.39 is 0 Å². The normalized spacial score (nSPS) is 21.7. The van der Waals surface area contributed by atoms with Crippen molar-refractivity contribution in [2.75, 3.05) is 0 Å². The van der Waals surface area contributed by atoms with Gasteiger partial charge in [0.15, 0.2) is 0 Å². The number of allylic oxidation sites excluding steroid dienone is 4. The molecule has 1 nitrogen and oxygen atoms in total. The van der Waals surface area contributed by atoms with Gasteiger partial charge in [0.1, 0.15) is 6.29 Å². The second-order valence-electron chi connectivity index (χ2n) is 5.27. The van der Waals surface area contributed by atoms with Gasteiger partial charge >= 0.3 is 0 Å². The molecule has 1 aliphatic rings. The summed E-state index contributed by atoms with van der Waals surface area (Å²) in [6.07, 6.45) is 7.74. The fourth-order valence-electron chi connectivity index (χ4n) is 2.44. The Morgan fingerprint density at radius 3 is 2.67 bits per heavy atom. The van der Waals surface area contributed by atoms with Gasteiger partial charge in [-0.05, 0) is 50.5 Å². The first-order valence-corrected chi connectivity index (χ1v) is 5.78. The molecule has 15 heavy (non-hydrogen) atoms. The van der Waals surface area contributed by atoms with Gasteiger partial charge in [-0.25, -0.2) is 0 Å². The summed E-state index contributed by atoms with van der Waals surface area (Å²) in [6.45, 7) is 8.74. The quantitative estimate of drug-likeness (QED) is 0.387. The Bertz CT molecular complexity index is 305. The molecule has 84 valence electrons. The van der Waals surface area contributed by atoms with Crippen molar-refractivity contribution in [3.8, 4) is 0 Å².